The monoisotopic (exact) mass is 239 g/mol. The molecule has 1 amide bonds. The molecule has 17 heavy (non-hydrogen) atoms. The molecule has 2 saturated carbocycles. The Hall–Kier alpha value is -1.06. The van der Waals surface area contributed by atoms with Crippen LogP contribution in [-0.4, -0.2) is 35.5 Å². The first-order chi connectivity index (χ1) is 8.00. The van der Waals surface area contributed by atoms with Gasteiger partial charge in [0.25, 0.3) is 0 Å². The van der Waals surface area contributed by atoms with E-state index in [1.54, 1.807) is 4.90 Å². The summed E-state index contributed by atoms with van der Waals surface area (Å²) in [5, 5.41) is 9.08. The molecule has 4 unspecified atom stereocenters. The standard InChI is InChI=1S/C13H21NO3/c1-8-6-9(8)7-14(2)12(15)10-4-3-5-11(10)13(16)17/h8-11H,3-7H2,1-2H3,(H,16,17). The van der Waals surface area contributed by atoms with Crippen LogP contribution >= 0.6 is 0 Å². The van der Waals surface area contributed by atoms with E-state index in [-0.39, 0.29) is 11.8 Å². The Balaban J connectivity index is 1.91. The molecule has 1 N–H and O–H groups in total. The number of hydrogen-bond donors (Lipinski definition) is 1. The number of hydrogen-bond acceptors (Lipinski definition) is 2. The summed E-state index contributed by atoms with van der Waals surface area (Å²) in [6, 6.07) is 0. The second kappa shape index (κ2) is 4.67. The number of amides is 1. The molecule has 2 rings (SSSR count). The van der Waals surface area contributed by atoms with Crippen molar-refractivity contribution in [2.75, 3.05) is 13.6 Å². The molecule has 0 radical (unpaired) electrons. The zero-order valence-electron chi connectivity index (χ0n) is 10.6. The SMILES string of the molecule is CC1CC1CN(C)C(=O)C1CCCC1C(=O)O. The van der Waals surface area contributed by atoms with Crippen LogP contribution in [0.5, 0.6) is 0 Å². The van der Waals surface area contributed by atoms with Gasteiger partial charge in [-0.05, 0) is 31.1 Å². The first-order valence-electron chi connectivity index (χ1n) is 6.48. The average Bonchev–Trinajstić information content (AvgIpc) is 2.82. The van der Waals surface area contributed by atoms with Gasteiger partial charge in [0.05, 0.1) is 11.8 Å². The quantitative estimate of drug-likeness (QED) is 0.810. The van der Waals surface area contributed by atoms with Crippen LogP contribution in [0.25, 0.3) is 0 Å². The lowest BCUT2D eigenvalue weighted by atomic mass is 9.95. The minimum Gasteiger partial charge on any atom is -0.481 e. The molecule has 0 spiro atoms. The highest BCUT2D eigenvalue weighted by molar-refractivity contribution is 5.85. The zero-order valence-corrected chi connectivity index (χ0v) is 10.6. The van der Waals surface area contributed by atoms with E-state index in [4.69, 9.17) is 5.11 Å². The fourth-order valence-electron chi connectivity index (χ4n) is 2.93. The second-order valence-electron chi connectivity index (χ2n) is 5.67. The van der Waals surface area contributed by atoms with Crippen LogP contribution in [0.3, 0.4) is 0 Å². The molecule has 2 aliphatic carbocycles. The van der Waals surface area contributed by atoms with E-state index in [1.807, 2.05) is 7.05 Å². The predicted octanol–water partition coefficient (Wildman–Crippen LogP) is 1.60. The topological polar surface area (TPSA) is 57.6 Å². The molecular formula is C13H21NO3. The molecule has 0 aliphatic heterocycles. The van der Waals surface area contributed by atoms with Crippen molar-refractivity contribution in [3.63, 3.8) is 0 Å². The third-order valence-corrected chi connectivity index (χ3v) is 4.31. The Bertz CT molecular complexity index is 329. The van der Waals surface area contributed by atoms with Crippen molar-refractivity contribution >= 4 is 11.9 Å². The number of carboxylic acids is 1. The lowest BCUT2D eigenvalue weighted by Gasteiger charge is -2.23. The summed E-state index contributed by atoms with van der Waals surface area (Å²) in [4.78, 5) is 25.0. The zero-order chi connectivity index (χ0) is 12.6. The summed E-state index contributed by atoms with van der Waals surface area (Å²) in [5.74, 6) is -0.158. The number of carbonyl (C=O) groups excluding carboxylic acids is 1. The molecule has 4 nitrogen and oxygen atoms in total. The fourth-order valence-corrected chi connectivity index (χ4v) is 2.93. The Kier molecular flexibility index (Phi) is 3.40. The van der Waals surface area contributed by atoms with E-state index in [0.29, 0.717) is 12.3 Å². The van der Waals surface area contributed by atoms with E-state index in [2.05, 4.69) is 6.92 Å². The maximum Gasteiger partial charge on any atom is 0.307 e. The maximum absolute atomic E-state index is 12.2. The first-order valence-corrected chi connectivity index (χ1v) is 6.48. The normalized spacial score (nSPS) is 35.6. The van der Waals surface area contributed by atoms with Gasteiger partial charge in [-0.2, -0.15) is 0 Å². The average molecular weight is 239 g/mol. The van der Waals surface area contributed by atoms with E-state index >= 15 is 0 Å². The van der Waals surface area contributed by atoms with Crippen molar-refractivity contribution < 1.29 is 14.7 Å². The molecule has 2 aliphatic rings. The van der Waals surface area contributed by atoms with E-state index < -0.39 is 11.9 Å². The summed E-state index contributed by atoms with van der Waals surface area (Å²) in [6.07, 6.45) is 3.45. The number of aliphatic carboxylic acids is 1. The second-order valence-corrected chi connectivity index (χ2v) is 5.67. The van der Waals surface area contributed by atoms with Gasteiger partial charge in [-0.1, -0.05) is 13.3 Å². The third kappa shape index (κ3) is 2.61. The van der Waals surface area contributed by atoms with Crippen molar-refractivity contribution in [1.82, 2.24) is 4.90 Å². The van der Waals surface area contributed by atoms with Crippen LogP contribution in [0, 0.1) is 23.7 Å². The molecule has 4 heteroatoms. The molecular weight excluding hydrogens is 218 g/mol. The van der Waals surface area contributed by atoms with E-state index in [1.165, 1.54) is 6.42 Å². The third-order valence-electron chi connectivity index (χ3n) is 4.31. The summed E-state index contributed by atoms with van der Waals surface area (Å²) in [7, 11) is 1.81. The van der Waals surface area contributed by atoms with Crippen molar-refractivity contribution in [2.24, 2.45) is 23.7 Å². The molecule has 4 atom stereocenters. The number of rotatable bonds is 4. The van der Waals surface area contributed by atoms with Gasteiger partial charge in [-0.15, -0.1) is 0 Å². The Morgan fingerprint density at radius 3 is 2.41 bits per heavy atom. The van der Waals surface area contributed by atoms with Crippen LogP contribution in [0.1, 0.15) is 32.6 Å². The molecule has 0 aromatic rings. The summed E-state index contributed by atoms with van der Waals surface area (Å²) < 4.78 is 0. The predicted molar refractivity (Wildman–Crippen MR) is 63.4 cm³/mol. The van der Waals surface area contributed by atoms with Gasteiger partial charge in [0.15, 0.2) is 0 Å². The lowest BCUT2D eigenvalue weighted by molar-refractivity contribution is -0.148. The molecule has 0 aromatic carbocycles. The Labute approximate surface area is 102 Å². The first kappa shape index (κ1) is 12.4. The van der Waals surface area contributed by atoms with Gasteiger partial charge in [0, 0.05) is 13.6 Å². The number of nitrogens with zero attached hydrogens (tertiary/aromatic N) is 1. The highest BCUT2D eigenvalue weighted by Crippen LogP contribution is 2.39. The van der Waals surface area contributed by atoms with Gasteiger partial charge in [-0.3, -0.25) is 9.59 Å². The van der Waals surface area contributed by atoms with Crippen molar-refractivity contribution in [1.29, 1.82) is 0 Å². The Morgan fingerprint density at radius 1 is 1.29 bits per heavy atom. The van der Waals surface area contributed by atoms with Crippen LogP contribution in [-0.2, 0) is 9.59 Å². The van der Waals surface area contributed by atoms with Gasteiger partial charge in [0.1, 0.15) is 0 Å². The largest absolute Gasteiger partial charge is 0.481 e. The van der Waals surface area contributed by atoms with Gasteiger partial charge < -0.3 is 10.0 Å². The summed E-state index contributed by atoms with van der Waals surface area (Å²) in [6.45, 7) is 2.99. The fraction of sp³-hybridized carbons (Fsp3) is 0.846. The van der Waals surface area contributed by atoms with Crippen LogP contribution < -0.4 is 0 Å². The minimum atomic E-state index is -0.811. The van der Waals surface area contributed by atoms with Gasteiger partial charge in [0.2, 0.25) is 5.91 Å². The molecule has 2 fully saturated rings. The number of carbonyl (C=O) groups is 2. The van der Waals surface area contributed by atoms with Crippen LogP contribution in [0.4, 0.5) is 0 Å². The van der Waals surface area contributed by atoms with Crippen molar-refractivity contribution in [3.8, 4) is 0 Å². The maximum atomic E-state index is 12.2. The van der Waals surface area contributed by atoms with Crippen LogP contribution in [0.2, 0.25) is 0 Å². The molecule has 0 bridgehead atoms. The van der Waals surface area contributed by atoms with E-state index in [9.17, 15) is 9.59 Å². The number of carboxylic acid groups (broad SMARTS) is 1. The molecule has 0 heterocycles. The van der Waals surface area contributed by atoms with Gasteiger partial charge in [-0.25, -0.2) is 0 Å². The van der Waals surface area contributed by atoms with Gasteiger partial charge >= 0.3 is 5.97 Å². The molecule has 0 aromatic heterocycles. The summed E-state index contributed by atoms with van der Waals surface area (Å²) in [5.41, 5.74) is 0. The molecule has 96 valence electrons. The highest BCUT2D eigenvalue weighted by atomic mass is 16.4. The summed E-state index contributed by atoms with van der Waals surface area (Å²) >= 11 is 0. The highest BCUT2D eigenvalue weighted by Gasteiger charge is 2.41. The minimum absolute atomic E-state index is 0.0361. The Morgan fingerprint density at radius 2 is 1.88 bits per heavy atom. The van der Waals surface area contributed by atoms with Crippen molar-refractivity contribution in [2.45, 2.75) is 32.6 Å². The smallest absolute Gasteiger partial charge is 0.307 e. The van der Waals surface area contributed by atoms with Crippen LogP contribution in [0.15, 0.2) is 0 Å². The molecule has 0 saturated heterocycles. The lowest BCUT2D eigenvalue weighted by Crippen LogP contribution is -2.38. The van der Waals surface area contributed by atoms with Crippen molar-refractivity contribution in [3.05, 3.63) is 0 Å². The van der Waals surface area contributed by atoms with E-state index in [0.717, 1.165) is 25.3 Å².